The third-order valence-electron chi connectivity index (χ3n) is 3.16. The molecule has 0 spiro atoms. The molecule has 0 fully saturated rings. The molecule has 2 heteroatoms. The zero-order chi connectivity index (χ0) is 14.0. The summed E-state index contributed by atoms with van der Waals surface area (Å²) in [5.74, 6) is -1.53. The van der Waals surface area contributed by atoms with Crippen molar-refractivity contribution >= 4 is 11.4 Å². The van der Waals surface area contributed by atoms with Crippen molar-refractivity contribution < 1.29 is 8.78 Å². The molecular weight excluding hydrogens is 230 g/mol. The molecule has 0 N–H and O–H groups in total. The van der Waals surface area contributed by atoms with Crippen LogP contribution in [0.1, 0.15) is 49.9 Å². The van der Waals surface area contributed by atoms with E-state index in [1.165, 1.54) is 0 Å². The molecule has 0 aliphatic heterocycles. The molecule has 0 amide bonds. The Morgan fingerprint density at radius 2 is 1.50 bits per heavy atom. The average Bonchev–Trinajstić information content (AvgIpc) is 2.25. The number of hydrogen-bond acceptors (Lipinski definition) is 0. The van der Waals surface area contributed by atoms with Crippen molar-refractivity contribution in [3.05, 3.63) is 45.8 Å². The lowest BCUT2D eigenvalue weighted by molar-refractivity contribution is 0.605. The molecule has 0 saturated heterocycles. The van der Waals surface area contributed by atoms with Gasteiger partial charge in [-0.05, 0) is 58.2 Å². The van der Waals surface area contributed by atoms with Gasteiger partial charge in [0.05, 0.1) is 0 Å². The van der Waals surface area contributed by atoms with E-state index in [2.05, 4.69) is 0 Å². The lowest BCUT2D eigenvalue weighted by Gasteiger charge is -2.15. The summed E-state index contributed by atoms with van der Waals surface area (Å²) >= 11 is 0. The van der Waals surface area contributed by atoms with Gasteiger partial charge in [0.1, 0.15) is 5.83 Å². The minimum Gasteiger partial charge on any atom is -0.209 e. The van der Waals surface area contributed by atoms with Gasteiger partial charge in [-0.25, -0.2) is 8.78 Å². The zero-order valence-electron chi connectivity index (χ0n) is 11.9. The lowest BCUT2D eigenvalue weighted by atomic mass is 9.91. The molecule has 0 aliphatic carbocycles. The highest BCUT2D eigenvalue weighted by Crippen LogP contribution is 2.33. The van der Waals surface area contributed by atoms with Crippen LogP contribution in [-0.2, 0) is 0 Å². The molecule has 0 bridgehead atoms. The first kappa shape index (κ1) is 14.6. The van der Waals surface area contributed by atoms with Crippen LogP contribution >= 0.6 is 0 Å². The number of halogens is 2. The summed E-state index contributed by atoms with van der Waals surface area (Å²) in [5, 5.41) is 0. The van der Waals surface area contributed by atoms with Gasteiger partial charge < -0.3 is 0 Å². The Morgan fingerprint density at radius 1 is 0.944 bits per heavy atom. The Morgan fingerprint density at radius 3 is 1.94 bits per heavy atom. The molecule has 0 radical (unpaired) electrons. The highest BCUT2D eigenvalue weighted by molar-refractivity contribution is 5.80. The smallest absolute Gasteiger partial charge is 0.162 e. The molecule has 0 saturated carbocycles. The molecule has 1 rings (SSSR count). The Labute approximate surface area is 108 Å². The molecular formula is C16H20F2. The van der Waals surface area contributed by atoms with Gasteiger partial charge in [-0.3, -0.25) is 0 Å². The first-order valence-electron chi connectivity index (χ1n) is 6.03. The highest BCUT2D eigenvalue weighted by Gasteiger charge is 2.16. The van der Waals surface area contributed by atoms with Gasteiger partial charge in [-0.2, -0.15) is 0 Å². The van der Waals surface area contributed by atoms with Gasteiger partial charge in [0.2, 0.25) is 0 Å². The third kappa shape index (κ3) is 2.87. The van der Waals surface area contributed by atoms with Crippen molar-refractivity contribution in [2.24, 2.45) is 0 Å². The minimum absolute atomic E-state index is 0.374. The minimum atomic E-state index is -0.773. The van der Waals surface area contributed by atoms with E-state index in [0.29, 0.717) is 5.56 Å². The number of rotatable bonds is 2. The first-order chi connectivity index (χ1) is 8.25. The van der Waals surface area contributed by atoms with Crippen LogP contribution in [0.2, 0.25) is 0 Å². The van der Waals surface area contributed by atoms with Gasteiger partial charge in [0, 0.05) is 5.56 Å². The summed E-state index contributed by atoms with van der Waals surface area (Å²) in [7, 11) is 0. The number of allylic oxidation sites excluding steroid dienone is 3. The van der Waals surface area contributed by atoms with Crippen LogP contribution in [0.25, 0.3) is 11.4 Å². The Hall–Kier alpha value is -1.44. The second-order valence-corrected chi connectivity index (χ2v) is 4.98. The summed E-state index contributed by atoms with van der Waals surface area (Å²) in [6.07, 6.45) is 0. The molecule has 1 aromatic rings. The molecule has 0 aliphatic rings. The van der Waals surface area contributed by atoms with Gasteiger partial charge in [0.15, 0.2) is 5.83 Å². The topological polar surface area (TPSA) is 0 Å². The van der Waals surface area contributed by atoms with Crippen LogP contribution in [-0.4, -0.2) is 0 Å². The summed E-state index contributed by atoms with van der Waals surface area (Å²) in [4.78, 5) is 0. The fourth-order valence-electron chi connectivity index (χ4n) is 2.00. The maximum Gasteiger partial charge on any atom is 0.162 e. The van der Waals surface area contributed by atoms with Crippen LogP contribution in [0.3, 0.4) is 0 Å². The molecule has 98 valence electrons. The Balaban J connectivity index is 3.71. The molecule has 0 unspecified atom stereocenters. The van der Waals surface area contributed by atoms with E-state index in [4.69, 9.17) is 0 Å². The quantitative estimate of drug-likeness (QED) is 0.627. The number of aryl methyl sites for hydroxylation is 2. The molecule has 1 aromatic carbocycles. The second kappa shape index (κ2) is 5.47. The van der Waals surface area contributed by atoms with Crippen LogP contribution in [0, 0.1) is 13.8 Å². The van der Waals surface area contributed by atoms with E-state index < -0.39 is 11.7 Å². The number of benzene rings is 1. The van der Waals surface area contributed by atoms with E-state index in [1.807, 2.05) is 46.8 Å². The fraction of sp³-hybridized carbons (Fsp3) is 0.375. The summed E-state index contributed by atoms with van der Waals surface area (Å²) in [6.45, 7) is 10.8. The standard InChI is InChI=1S/C16H20F2/c1-9(2)12(5)14-8-10(3)7-11(4)15(14)16(18)13(6)17/h7-8H,1-6H3/b16-13+. The maximum absolute atomic E-state index is 14.0. The zero-order valence-corrected chi connectivity index (χ0v) is 11.9. The van der Waals surface area contributed by atoms with Crippen molar-refractivity contribution in [1.29, 1.82) is 0 Å². The van der Waals surface area contributed by atoms with Gasteiger partial charge >= 0.3 is 0 Å². The van der Waals surface area contributed by atoms with Gasteiger partial charge in [-0.1, -0.05) is 23.3 Å². The first-order valence-corrected chi connectivity index (χ1v) is 6.03. The second-order valence-electron chi connectivity index (χ2n) is 4.98. The summed E-state index contributed by atoms with van der Waals surface area (Å²) < 4.78 is 27.2. The van der Waals surface area contributed by atoms with Gasteiger partial charge in [0.25, 0.3) is 0 Å². The predicted octanol–water partition coefficient (Wildman–Crippen LogP) is 5.74. The van der Waals surface area contributed by atoms with Crippen molar-refractivity contribution in [3.8, 4) is 0 Å². The monoisotopic (exact) mass is 250 g/mol. The third-order valence-corrected chi connectivity index (χ3v) is 3.16. The van der Waals surface area contributed by atoms with E-state index >= 15 is 0 Å². The SMILES string of the molecule is CC(C)=C(C)c1cc(C)cc(C)c1/C(F)=C(/C)F. The molecule has 0 aromatic heterocycles. The van der Waals surface area contributed by atoms with Gasteiger partial charge in [-0.15, -0.1) is 0 Å². The van der Waals surface area contributed by atoms with Crippen LogP contribution in [0.15, 0.2) is 23.5 Å². The molecule has 0 nitrogen and oxygen atoms in total. The Bertz CT molecular complexity index is 526. The summed E-state index contributed by atoms with van der Waals surface area (Å²) in [5.41, 5.74) is 5.07. The summed E-state index contributed by atoms with van der Waals surface area (Å²) in [6, 6.07) is 3.78. The van der Waals surface area contributed by atoms with E-state index in [-0.39, 0.29) is 0 Å². The fourth-order valence-corrected chi connectivity index (χ4v) is 2.00. The van der Waals surface area contributed by atoms with E-state index in [1.54, 1.807) is 0 Å². The van der Waals surface area contributed by atoms with Crippen LogP contribution in [0.4, 0.5) is 8.78 Å². The van der Waals surface area contributed by atoms with Crippen molar-refractivity contribution in [1.82, 2.24) is 0 Å². The van der Waals surface area contributed by atoms with Crippen molar-refractivity contribution in [2.45, 2.75) is 41.5 Å². The maximum atomic E-state index is 14.0. The van der Waals surface area contributed by atoms with E-state index in [9.17, 15) is 8.78 Å². The lowest BCUT2D eigenvalue weighted by Crippen LogP contribution is -1.97. The van der Waals surface area contributed by atoms with Crippen LogP contribution in [0.5, 0.6) is 0 Å². The number of hydrogen-bond donors (Lipinski definition) is 0. The highest BCUT2D eigenvalue weighted by atomic mass is 19.2. The molecule has 18 heavy (non-hydrogen) atoms. The van der Waals surface area contributed by atoms with Crippen LogP contribution < -0.4 is 0 Å². The van der Waals surface area contributed by atoms with Crippen molar-refractivity contribution in [2.75, 3.05) is 0 Å². The van der Waals surface area contributed by atoms with Crippen molar-refractivity contribution in [3.63, 3.8) is 0 Å². The molecule has 0 atom stereocenters. The van der Waals surface area contributed by atoms with E-state index in [0.717, 1.165) is 34.8 Å². The molecule has 0 heterocycles. The Kier molecular flexibility index (Phi) is 4.44. The largest absolute Gasteiger partial charge is 0.209 e. The normalized spacial score (nSPS) is 12.2. The predicted molar refractivity (Wildman–Crippen MR) is 74.7 cm³/mol. The average molecular weight is 250 g/mol.